The molecule has 0 aliphatic rings. The second-order valence-corrected chi connectivity index (χ2v) is 5.87. The summed E-state index contributed by atoms with van der Waals surface area (Å²) in [6.07, 6.45) is 1.65. The molecule has 114 valence electrons. The van der Waals surface area contributed by atoms with Gasteiger partial charge in [-0.05, 0) is 54.6 Å². The number of benzene rings is 2. The third-order valence-electron chi connectivity index (χ3n) is 3.34. The molecule has 2 aromatic rings. The second kappa shape index (κ2) is 8.55. The predicted octanol–water partition coefficient (Wildman–Crippen LogP) is -1.17. The number of carbonyl (C=O) groups excluding carboxylic acids is 2. The van der Waals surface area contributed by atoms with Crippen LogP contribution < -0.4 is 40.4 Å². The van der Waals surface area contributed by atoms with Crippen LogP contribution in [0.1, 0.15) is 27.0 Å². The van der Waals surface area contributed by atoms with Gasteiger partial charge in [0.2, 0.25) is 0 Å². The van der Waals surface area contributed by atoms with E-state index in [-0.39, 0.29) is 47.4 Å². The maximum atomic E-state index is 12.6. The van der Waals surface area contributed by atoms with Gasteiger partial charge in [-0.1, -0.05) is 6.07 Å². The number of nitrogen functional groups attached to an aromatic ring is 1. The molecule has 0 unspecified atom stereocenters. The summed E-state index contributed by atoms with van der Waals surface area (Å²) in [4.78, 5) is 24.5. The number of anilines is 1. The molecule has 0 heterocycles. The van der Waals surface area contributed by atoms with E-state index < -0.39 is 5.97 Å². The molecular weight excluding hydrogens is 321 g/mol. The van der Waals surface area contributed by atoms with Crippen LogP contribution in [0.3, 0.4) is 0 Å². The number of hydrogen-bond donors (Lipinski definition) is 1. The van der Waals surface area contributed by atoms with Gasteiger partial charge in [-0.2, -0.15) is 0 Å². The Labute approximate surface area is 161 Å². The summed E-state index contributed by atoms with van der Waals surface area (Å²) < 4.78 is 0. The number of hydrogen-bond acceptors (Lipinski definition) is 5. The van der Waals surface area contributed by atoms with Gasteiger partial charge in [-0.3, -0.25) is 4.79 Å². The van der Waals surface area contributed by atoms with Crippen LogP contribution in [-0.2, 0) is 11.2 Å². The van der Waals surface area contributed by atoms with Crippen LogP contribution in [0, 0.1) is 6.92 Å². The van der Waals surface area contributed by atoms with E-state index in [0.717, 1.165) is 10.5 Å². The van der Waals surface area contributed by atoms with Crippen molar-refractivity contribution in [3.63, 3.8) is 0 Å². The molecule has 0 aromatic heterocycles. The van der Waals surface area contributed by atoms with E-state index in [2.05, 4.69) is 0 Å². The van der Waals surface area contributed by atoms with Gasteiger partial charge in [0.05, 0.1) is 0 Å². The Morgan fingerprint density at radius 1 is 1.17 bits per heavy atom. The standard InChI is InChI=1S/C17H17NO3S.Na/c1-10-7-12(9-15(19)20)16(18)14(8-10)17(21)11-3-5-13(22-2)6-4-11;/h3-8H,9,18H2,1-2H3,(H,19,20);/q;+1/p-1. The number of aryl methyl sites for hydroxylation is 1. The summed E-state index contributed by atoms with van der Waals surface area (Å²) in [7, 11) is 0. The van der Waals surface area contributed by atoms with E-state index in [4.69, 9.17) is 5.73 Å². The number of rotatable bonds is 5. The molecule has 0 saturated heterocycles. The van der Waals surface area contributed by atoms with Crippen molar-refractivity contribution in [2.75, 3.05) is 12.0 Å². The fourth-order valence-electron chi connectivity index (χ4n) is 2.26. The number of thioether (sulfide) groups is 1. The maximum Gasteiger partial charge on any atom is 1.00 e. The van der Waals surface area contributed by atoms with Crippen LogP contribution in [0.25, 0.3) is 0 Å². The van der Waals surface area contributed by atoms with Gasteiger partial charge in [0.15, 0.2) is 5.78 Å². The molecule has 0 aliphatic carbocycles. The first-order valence-electron chi connectivity index (χ1n) is 6.70. The molecule has 0 saturated carbocycles. The van der Waals surface area contributed by atoms with Gasteiger partial charge < -0.3 is 15.6 Å². The monoisotopic (exact) mass is 337 g/mol. The SMILES string of the molecule is CSc1ccc(C(=O)c2cc(C)cc(CC(=O)[O-])c2N)cc1.[Na+]. The van der Waals surface area contributed by atoms with Gasteiger partial charge in [0.1, 0.15) is 0 Å². The summed E-state index contributed by atoms with van der Waals surface area (Å²) in [5, 5.41) is 10.8. The van der Waals surface area contributed by atoms with Crippen molar-refractivity contribution in [2.24, 2.45) is 0 Å². The fraction of sp³-hybridized carbons (Fsp3) is 0.176. The number of carboxylic acid groups (broad SMARTS) is 1. The molecule has 6 heteroatoms. The van der Waals surface area contributed by atoms with E-state index in [1.165, 1.54) is 0 Å². The van der Waals surface area contributed by atoms with E-state index >= 15 is 0 Å². The topological polar surface area (TPSA) is 83.2 Å². The van der Waals surface area contributed by atoms with Crippen molar-refractivity contribution in [1.29, 1.82) is 0 Å². The number of nitrogens with two attached hydrogens (primary N) is 1. The van der Waals surface area contributed by atoms with E-state index in [1.54, 1.807) is 43.0 Å². The van der Waals surface area contributed by atoms with Gasteiger partial charge in [0, 0.05) is 34.1 Å². The summed E-state index contributed by atoms with van der Waals surface area (Å²) in [5.41, 5.74) is 8.22. The van der Waals surface area contributed by atoms with Crippen LogP contribution >= 0.6 is 11.8 Å². The van der Waals surface area contributed by atoms with Gasteiger partial charge >= 0.3 is 29.6 Å². The van der Waals surface area contributed by atoms with Crippen molar-refractivity contribution in [2.45, 2.75) is 18.2 Å². The molecule has 0 fully saturated rings. The Hall–Kier alpha value is -1.27. The third kappa shape index (κ3) is 4.85. The van der Waals surface area contributed by atoms with Crippen LogP contribution in [0.4, 0.5) is 5.69 Å². The quantitative estimate of drug-likeness (QED) is 0.322. The fourth-order valence-corrected chi connectivity index (χ4v) is 2.67. The first kappa shape index (κ1) is 19.8. The summed E-state index contributed by atoms with van der Waals surface area (Å²) in [6.45, 7) is 1.80. The number of ketones is 1. The van der Waals surface area contributed by atoms with Gasteiger partial charge in [-0.25, -0.2) is 0 Å². The largest absolute Gasteiger partial charge is 1.00 e. The van der Waals surface area contributed by atoms with Crippen LogP contribution in [0.5, 0.6) is 0 Å². The summed E-state index contributed by atoms with van der Waals surface area (Å²) in [5.74, 6) is -1.44. The molecule has 2 rings (SSSR count). The molecule has 23 heavy (non-hydrogen) atoms. The Kier molecular flexibility index (Phi) is 7.35. The molecule has 0 aliphatic heterocycles. The maximum absolute atomic E-state index is 12.6. The minimum Gasteiger partial charge on any atom is -0.550 e. The Balaban J connectivity index is 0.00000264. The van der Waals surface area contributed by atoms with Crippen molar-refractivity contribution in [3.8, 4) is 0 Å². The van der Waals surface area contributed by atoms with Crippen LogP contribution in [-0.4, -0.2) is 18.0 Å². The molecule has 0 radical (unpaired) electrons. The zero-order chi connectivity index (χ0) is 16.3. The predicted molar refractivity (Wildman–Crippen MR) is 86.0 cm³/mol. The number of carbonyl (C=O) groups is 2. The molecule has 0 amide bonds. The molecular formula is C17H16NNaO3S. The van der Waals surface area contributed by atoms with Gasteiger partial charge in [0.25, 0.3) is 0 Å². The molecule has 0 spiro atoms. The summed E-state index contributed by atoms with van der Waals surface area (Å²) >= 11 is 1.59. The van der Waals surface area contributed by atoms with Gasteiger partial charge in [-0.15, -0.1) is 11.8 Å². The van der Waals surface area contributed by atoms with E-state index in [1.807, 2.05) is 18.4 Å². The first-order valence-corrected chi connectivity index (χ1v) is 7.92. The second-order valence-electron chi connectivity index (χ2n) is 4.99. The van der Waals surface area contributed by atoms with Crippen molar-refractivity contribution < 1.29 is 44.3 Å². The average Bonchev–Trinajstić information content (AvgIpc) is 2.49. The first-order chi connectivity index (χ1) is 10.4. The zero-order valence-electron chi connectivity index (χ0n) is 13.4. The normalized spacial score (nSPS) is 10.0. The molecule has 2 N–H and O–H groups in total. The summed E-state index contributed by atoms with van der Waals surface area (Å²) in [6, 6.07) is 10.6. The average molecular weight is 337 g/mol. The minimum absolute atomic E-state index is 0. The van der Waals surface area contributed by atoms with Crippen LogP contribution in [0.15, 0.2) is 41.3 Å². The zero-order valence-corrected chi connectivity index (χ0v) is 16.2. The van der Waals surface area contributed by atoms with Crippen molar-refractivity contribution in [1.82, 2.24) is 0 Å². The van der Waals surface area contributed by atoms with Crippen LogP contribution in [0.2, 0.25) is 0 Å². The van der Waals surface area contributed by atoms with Crippen molar-refractivity contribution >= 4 is 29.2 Å². The molecule has 2 aromatic carbocycles. The minimum atomic E-state index is -1.22. The van der Waals surface area contributed by atoms with Crippen molar-refractivity contribution in [3.05, 3.63) is 58.7 Å². The molecule has 0 bridgehead atoms. The van der Waals surface area contributed by atoms with E-state index in [9.17, 15) is 14.7 Å². The van der Waals surface area contributed by atoms with E-state index in [0.29, 0.717) is 16.7 Å². The Morgan fingerprint density at radius 2 is 1.78 bits per heavy atom. The Bertz CT molecular complexity index is 729. The number of carboxylic acids is 1. The third-order valence-corrected chi connectivity index (χ3v) is 4.09. The smallest absolute Gasteiger partial charge is 0.550 e. The molecule has 4 nitrogen and oxygen atoms in total. The molecule has 0 atom stereocenters. The number of aliphatic carboxylic acids is 1. The Morgan fingerprint density at radius 3 is 2.30 bits per heavy atom.